The smallest absolute Gasteiger partial charge is 0.231 e. The zero-order valence-electron chi connectivity index (χ0n) is 17.3. The van der Waals surface area contributed by atoms with Crippen molar-refractivity contribution in [2.24, 2.45) is 0 Å². The lowest BCUT2D eigenvalue weighted by molar-refractivity contribution is 0.103. The molecule has 31 heavy (non-hydrogen) atoms. The number of ketones is 1. The van der Waals surface area contributed by atoms with Gasteiger partial charge in [0.05, 0.1) is 26.9 Å². The molecule has 0 atom stereocenters. The van der Waals surface area contributed by atoms with E-state index in [1.807, 2.05) is 30.3 Å². The minimum absolute atomic E-state index is 0.130. The van der Waals surface area contributed by atoms with Gasteiger partial charge in [-0.2, -0.15) is 0 Å². The molecular weight excluding hydrogens is 400 g/mol. The van der Waals surface area contributed by atoms with Crippen molar-refractivity contribution in [2.45, 2.75) is 6.61 Å². The lowest BCUT2D eigenvalue weighted by atomic mass is 9.94. The second-order valence-electron chi connectivity index (χ2n) is 7.11. The number of ether oxygens (including phenoxy) is 6. The molecule has 0 fully saturated rings. The topological polar surface area (TPSA) is 72.5 Å². The van der Waals surface area contributed by atoms with Gasteiger partial charge < -0.3 is 28.4 Å². The number of carbonyl (C=O) groups excluding carboxylic acids is 1. The highest BCUT2D eigenvalue weighted by Crippen LogP contribution is 2.43. The normalized spacial score (nSPS) is 13.6. The highest BCUT2D eigenvalue weighted by Gasteiger charge is 2.27. The van der Waals surface area contributed by atoms with Gasteiger partial charge in [-0.25, -0.2) is 0 Å². The Hall–Kier alpha value is -3.87. The first-order valence-corrected chi connectivity index (χ1v) is 9.67. The molecule has 0 radical (unpaired) electrons. The number of benzene rings is 3. The Morgan fingerprint density at radius 3 is 2.10 bits per heavy atom. The number of hydrogen-bond donors (Lipinski definition) is 0. The molecule has 3 aromatic rings. The van der Waals surface area contributed by atoms with Gasteiger partial charge in [-0.15, -0.1) is 0 Å². The van der Waals surface area contributed by atoms with Crippen molar-refractivity contribution in [2.75, 3.05) is 28.1 Å². The van der Waals surface area contributed by atoms with Crippen LogP contribution in [0.1, 0.15) is 21.5 Å². The fourth-order valence-corrected chi connectivity index (χ4v) is 3.86. The summed E-state index contributed by atoms with van der Waals surface area (Å²) in [6.07, 6.45) is 0. The first-order valence-electron chi connectivity index (χ1n) is 9.67. The van der Waals surface area contributed by atoms with E-state index in [2.05, 4.69) is 0 Å². The van der Waals surface area contributed by atoms with Gasteiger partial charge in [0, 0.05) is 17.2 Å². The molecule has 0 saturated heterocycles. The maximum absolute atomic E-state index is 13.4. The second kappa shape index (κ2) is 7.43. The van der Waals surface area contributed by atoms with E-state index in [0.717, 1.165) is 16.7 Å². The zero-order chi connectivity index (χ0) is 21.5. The van der Waals surface area contributed by atoms with E-state index in [0.29, 0.717) is 45.6 Å². The molecule has 2 heterocycles. The van der Waals surface area contributed by atoms with Gasteiger partial charge in [0.2, 0.25) is 12.5 Å². The largest absolute Gasteiger partial charge is 0.493 e. The van der Waals surface area contributed by atoms with Gasteiger partial charge in [0.1, 0.15) is 12.4 Å². The van der Waals surface area contributed by atoms with E-state index in [4.69, 9.17) is 28.4 Å². The third-order valence-electron chi connectivity index (χ3n) is 5.46. The van der Waals surface area contributed by atoms with Crippen LogP contribution < -0.4 is 28.4 Å². The first kappa shape index (κ1) is 19.1. The molecule has 2 aliphatic rings. The third-order valence-corrected chi connectivity index (χ3v) is 5.46. The summed E-state index contributed by atoms with van der Waals surface area (Å²) < 4.78 is 33.1. The second-order valence-corrected chi connectivity index (χ2v) is 7.11. The van der Waals surface area contributed by atoms with Gasteiger partial charge in [0.15, 0.2) is 28.8 Å². The predicted molar refractivity (Wildman–Crippen MR) is 112 cm³/mol. The van der Waals surface area contributed by atoms with E-state index < -0.39 is 0 Å². The molecule has 0 saturated carbocycles. The molecule has 7 heteroatoms. The molecule has 0 amide bonds. The Morgan fingerprint density at radius 1 is 0.710 bits per heavy atom. The van der Waals surface area contributed by atoms with Gasteiger partial charge in [0.25, 0.3) is 0 Å². The number of hydrogen-bond acceptors (Lipinski definition) is 7. The minimum Gasteiger partial charge on any atom is -0.493 e. The molecule has 2 aliphatic heterocycles. The van der Waals surface area contributed by atoms with E-state index in [1.54, 1.807) is 33.5 Å². The maximum atomic E-state index is 13.4. The fourth-order valence-electron chi connectivity index (χ4n) is 3.86. The molecule has 0 aliphatic carbocycles. The summed E-state index contributed by atoms with van der Waals surface area (Å²) in [5, 5.41) is 0. The monoisotopic (exact) mass is 420 g/mol. The Bertz CT molecular complexity index is 1170. The van der Waals surface area contributed by atoms with Gasteiger partial charge in [-0.1, -0.05) is 12.1 Å². The van der Waals surface area contributed by atoms with Crippen molar-refractivity contribution in [3.63, 3.8) is 0 Å². The van der Waals surface area contributed by atoms with Crippen molar-refractivity contribution >= 4 is 5.78 Å². The molecule has 0 bridgehead atoms. The molecule has 158 valence electrons. The van der Waals surface area contributed by atoms with Crippen molar-refractivity contribution in [3.8, 4) is 45.6 Å². The van der Waals surface area contributed by atoms with E-state index in [9.17, 15) is 4.79 Å². The summed E-state index contributed by atoms with van der Waals surface area (Å²) in [4.78, 5) is 13.4. The van der Waals surface area contributed by atoms with Crippen molar-refractivity contribution < 1.29 is 33.2 Å². The van der Waals surface area contributed by atoms with Crippen molar-refractivity contribution in [1.29, 1.82) is 0 Å². The average molecular weight is 420 g/mol. The van der Waals surface area contributed by atoms with Gasteiger partial charge in [-0.05, 0) is 35.4 Å². The molecule has 3 aromatic carbocycles. The molecule has 5 rings (SSSR count). The highest BCUT2D eigenvalue weighted by atomic mass is 16.7. The van der Waals surface area contributed by atoms with E-state index >= 15 is 0 Å². The summed E-state index contributed by atoms with van der Waals surface area (Å²) in [5.74, 6) is 3.07. The van der Waals surface area contributed by atoms with Gasteiger partial charge in [-0.3, -0.25) is 4.79 Å². The lowest BCUT2D eigenvalue weighted by Crippen LogP contribution is -2.03. The van der Waals surface area contributed by atoms with Crippen LogP contribution in [-0.2, 0) is 6.61 Å². The van der Waals surface area contributed by atoms with E-state index in [1.165, 1.54) is 0 Å². The van der Waals surface area contributed by atoms with Crippen molar-refractivity contribution in [3.05, 3.63) is 59.2 Å². The SMILES string of the molecule is COc1cc(-c2ccc3c(c2)C(=O)c2cc4c(cc2OC3)OCO4)cc(OC)c1OC. The summed E-state index contributed by atoms with van der Waals surface area (Å²) in [7, 11) is 4.70. The quantitative estimate of drug-likeness (QED) is 0.625. The predicted octanol–water partition coefficient (Wildman–Crippen LogP) is 4.23. The van der Waals surface area contributed by atoms with Crippen LogP contribution in [0.2, 0.25) is 0 Å². The molecule has 7 nitrogen and oxygen atoms in total. The standard InChI is InChI=1S/C24H20O7/c1-26-21-7-15(8-22(27-2)24(21)28-3)13-4-5-14-11-29-18-10-20-19(30-12-31-20)9-17(18)23(25)16(14)6-13/h4-10H,11-12H2,1-3H3. The van der Waals surface area contributed by atoms with Crippen LogP contribution in [0.5, 0.6) is 34.5 Å². The average Bonchev–Trinajstić information content (AvgIpc) is 3.22. The molecule has 0 spiro atoms. The zero-order valence-corrected chi connectivity index (χ0v) is 17.3. The number of carbonyl (C=O) groups is 1. The first-order chi connectivity index (χ1) is 15.1. The highest BCUT2D eigenvalue weighted by molar-refractivity contribution is 6.13. The third kappa shape index (κ3) is 3.09. The fraction of sp³-hybridized carbons (Fsp3) is 0.208. The summed E-state index contributed by atoms with van der Waals surface area (Å²) in [6, 6.07) is 12.8. The van der Waals surface area contributed by atoms with Crippen LogP contribution in [0.25, 0.3) is 11.1 Å². The Labute approximate surface area is 179 Å². The molecule has 0 N–H and O–H groups in total. The van der Waals surface area contributed by atoms with Crippen LogP contribution in [0.4, 0.5) is 0 Å². The van der Waals surface area contributed by atoms with Crippen LogP contribution in [-0.4, -0.2) is 33.9 Å². The Morgan fingerprint density at radius 2 is 1.42 bits per heavy atom. The van der Waals surface area contributed by atoms with Gasteiger partial charge >= 0.3 is 0 Å². The summed E-state index contributed by atoms with van der Waals surface area (Å²) in [5.41, 5.74) is 3.50. The van der Waals surface area contributed by atoms with Crippen molar-refractivity contribution in [1.82, 2.24) is 0 Å². The molecule has 0 unspecified atom stereocenters. The minimum atomic E-state index is -0.130. The Balaban J connectivity index is 1.61. The molecule has 0 aromatic heterocycles. The maximum Gasteiger partial charge on any atom is 0.231 e. The number of fused-ring (bicyclic) bond motifs is 3. The van der Waals surface area contributed by atoms with E-state index in [-0.39, 0.29) is 19.2 Å². The number of methoxy groups -OCH3 is 3. The molecular formula is C24H20O7. The van der Waals surface area contributed by atoms with Crippen LogP contribution >= 0.6 is 0 Å². The number of rotatable bonds is 4. The Kier molecular flexibility index (Phi) is 4.58. The lowest BCUT2D eigenvalue weighted by Gasteiger charge is -2.15. The van der Waals surface area contributed by atoms with Crippen LogP contribution in [0.3, 0.4) is 0 Å². The van der Waals surface area contributed by atoms with Crippen LogP contribution in [0, 0.1) is 0 Å². The summed E-state index contributed by atoms with van der Waals surface area (Å²) >= 11 is 0. The summed E-state index contributed by atoms with van der Waals surface area (Å²) in [6.45, 7) is 0.414. The van der Waals surface area contributed by atoms with Crippen LogP contribution in [0.15, 0.2) is 42.5 Å².